The van der Waals surface area contributed by atoms with Crippen LogP contribution in [0.1, 0.15) is 25.3 Å². The second-order valence-electron chi connectivity index (χ2n) is 9.71. The van der Waals surface area contributed by atoms with Gasteiger partial charge in [-0.15, -0.1) is 0 Å². The van der Waals surface area contributed by atoms with Crippen LogP contribution in [0.25, 0.3) is 22.3 Å². The van der Waals surface area contributed by atoms with Crippen LogP contribution in [0.15, 0.2) is 82.7 Å². The van der Waals surface area contributed by atoms with E-state index in [9.17, 15) is 13.2 Å². The van der Waals surface area contributed by atoms with E-state index in [0.29, 0.717) is 30.5 Å². The maximum atomic E-state index is 13.0. The Morgan fingerprint density at radius 2 is 1.82 bits per heavy atom. The van der Waals surface area contributed by atoms with Crippen LogP contribution in [0.4, 0.5) is 5.69 Å². The van der Waals surface area contributed by atoms with Gasteiger partial charge in [0.2, 0.25) is 15.9 Å². The van der Waals surface area contributed by atoms with Gasteiger partial charge in [-0.1, -0.05) is 60.6 Å². The van der Waals surface area contributed by atoms with E-state index >= 15 is 0 Å². The van der Waals surface area contributed by atoms with Gasteiger partial charge in [0, 0.05) is 29.7 Å². The van der Waals surface area contributed by atoms with Gasteiger partial charge in [0.25, 0.3) is 0 Å². The number of benzene rings is 3. The molecule has 9 heteroatoms. The molecule has 196 valence electrons. The number of nitrogens with one attached hydrogen (secondary N) is 1. The highest BCUT2D eigenvalue weighted by Gasteiger charge is 2.28. The van der Waals surface area contributed by atoms with Crippen molar-refractivity contribution in [3.05, 3.63) is 78.4 Å². The molecule has 7 nitrogen and oxygen atoms in total. The fraction of sp³-hybridized carbons (Fsp3) is 0.276. The zero-order chi connectivity index (χ0) is 26.7. The lowest BCUT2D eigenvalue weighted by molar-refractivity contribution is -0.113. The first kappa shape index (κ1) is 26.3. The fourth-order valence-electron chi connectivity index (χ4n) is 4.60. The molecule has 1 atom stereocenters. The van der Waals surface area contributed by atoms with Crippen molar-refractivity contribution in [2.45, 2.75) is 36.6 Å². The number of hydrogen-bond acceptors (Lipinski definition) is 6. The number of fused-ring (bicyclic) bond motifs is 1. The maximum Gasteiger partial charge on any atom is 0.243 e. The van der Waals surface area contributed by atoms with Gasteiger partial charge in [-0.3, -0.25) is 4.79 Å². The third-order valence-corrected chi connectivity index (χ3v) is 9.45. The minimum atomic E-state index is -3.54. The molecular weight excluding hydrogens is 516 g/mol. The Kier molecular flexibility index (Phi) is 7.78. The number of sulfonamides is 1. The van der Waals surface area contributed by atoms with E-state index < -0.39 is 10.0 Å². The van der Waals surface area contributed by atoms with Crippen molar-refractivity contribution in [3.63, 3.8) is 0 Å². The minimum absolute atomic E-state index is 0.153. The van der Waals surface area contributed by atoms with E-state index in [4.69, 9.17) is 9.97 Å². The van der Waals surface area contributed by atoms with Crippen molar-refractivity contribution in [3.8, 4) is 11.4 Å². The van der Waals surface area contributed by atoms with E-state index in [1.807, 2.05) is 55.5 Å². The van der Waals surface area contributed by atoms with Gasteiger partial charge in [-0.2, -0.15) is 4.31 Å². The van der Waals surface area contributed by atoms with E-state index in [2.05, 4.69) is 12.2 Å². The SMILES string of the molecule is Cc1ccc2nc(-c3ccccc3)nc(SCC(=O)Nc3ccc(S(=O)(=O)N4CCC[C@H](C)C4)cc3)c2c1. The first-order valence-electron chi connectivity index (χ1n) is 12.7. The molecule has 2 heterocycles. The van der Waals surface area contributed by atoms with Crippen molar-refractivity contribution in [2.75, 3.05) is 24.2 Å². The zero-order valence-corrected chi connectivity index (χ0v) is 23.1. The molecule has 5 rings (SSSR count). The summed E-state index contributed by atoms with van der Waals surface area (Å²) in [5, 5.41) is 4.52. The summed E-state index contributed by atoms with van der Waals surface area (Å²) in [6.45, 7) is 5.18. The largest absolute Gasteiger partial charge is 0.325 e. The molecule has 1 amide bonds. The highest BCUT2D eigenvalue weighted by atomic mass is 32.2. The number of nitrogens with zero attached hydrogens (tertiary/aromatic N) is 3. The topological polar surface area (TPSA) is 92.3 Å². The van der Waals surface area contributed by atoms with Crippen molar-refractivity contribution >= 4 is 44.3 Å². The Balaban J connectivity index is 1.29. The van der Waals surface area contributed by atoms with E-state index in [1.165, 1.54) is 11.8 Å². The third kappa shape index (κ3) is 5.90. The number of anilines is 1. The molecule has 1 fully saturated rings. The Bertz CT molecular complexity index is 1560. The van der Waals surface area contributed by atoms with Crippen LogP contribution in [0.3, 0.4) is 0 Å². The summed E-state index contributed by atoms with van der Waals surface area (Å²) in [5.41, 5.74) is 3.38. The summed E-state index contributed by atoms with van der Waals surface area (Å²) >= 11 is 1.36. The zero-order valence-electron chi connectivity index (χ0n) is 21.4. The molecular formula is C29H30N4O3S2. The Morgan fingerprint density at radius 1 is 1.05 bits per heavy atom. The summed E-state index contributed by atoms with van der Waals surface area (Å²) in [4.78, 5) is 22.6. The van der Waals surface area contributed by atoms with Crippen molar-refractivity contribution < 1.29 is 13.2 Å². The molecule has 0 unspecified atom stereocenters. The van der Waals surface area contributed by atoms with Gasteiger partial charge in [0.05, 0.1) is 16.2 Å². The molecule has 38 heavy (non-hydrogen) atoms. The van der Waals surface area contributed by atoms with Gasteiger partial charge in [-0.05, 0) is 62.1 Å². The molecule has 0 saturated carbocycles. The summed E-state index contributed by atoms with van der Waals surface area (Å²) in [5.74, 6) is 0.926. The molecule has 4 aromatic rings. The Hall–Kier alpha value is -3.27. The lowest BCUT2D eigenvalue weighted by Crippen LogP contribution is -2.39. The molecule has 1 aliphatic heterocycles. The van der Waals surface area contributed by atoms with Crippen molar-refractivity contribution in [1.29, 1.82) is 0 Å². The molecule has 1 aromatic heterocycles. The molecule has 0 aliphatic carbocycles. The quantitative estimate of drug-likeness (QED) is 0.234. The highest BCUT2D eigenvalue weighted by molar-refractivity contribution is 8.00. The average molecular weight is 547 g/mol. The lowest BCUT2D eigenvalue weighted by atomic mass is 10.0. The van der Waals surface area contributed by atoms with Crippen LogP contribution in [-0.2, 0) is 14.8 Å². The van der Waals surface area contributed by atoms with Crippen LogP contribution in [0.5, 0.6) is 0 Å². The predicted molar refractivity (Wildman–Crippen MR) is 153 cm³/mol. The first-order valence-corrected chi connectivity index (χ1v) is 15.1. The van der Waals surface area contributed by atoms with E-state index in [-0.39, 0.29) is 16.6 Å². The summed E-state index contributed by atoms with van der Waals surface area (Å²) in [6, 6.07) is 22.2. The van der Waals surface area contributed by atoms with Crippen molar-refractivity contribution in [2.24, 2.45) is 5.92 Å². The number of thioether (sulfide) groups is 1. The van der Waals surface area contributed by atoms with E-state index in [0.717, 1.165) is 39.9 Å². The van der Waals surface area contributed by atoms with Crippen LogP contribution in [-0.4, -0.2) is 47.4 Å². The van der Waals surface area contributed by atoms with E-state index in [1.54, 1.807) is 28.6 Å². The predicted octanol–water partition coefficient (Wildman–Crippen LogP) is 5.76. The minimum Gasteiger partial charge on any atom is -0.325 e. The van der Waals surface area contributed by atoms with Crippen LogP contribution in [0.2, 0.25) is 0 Å². The lowest BCUT2D eigenvalue weighted by Gasteiger charge is -2.30. The summed E-state index contributed by atoms with van der Waals surface area (Å²) in [6.07, 6.45) is 1.92. The molecule has 1 aliphatic rings. The summed E-state index contributed by atoms with van der Waals surface area (Å²) in [7, 11) is -3.54. The van der Waals surface area contributed by atoms with Gasteiger partial charge < -0.3 is 5.32 Å². The fourth-order valence-corrected chi connectivity index (χ4v) is 7.00. The van der Waals surface area contributed by atoms with Gasteiger partial charge in [-0.25, -0.2) is 18.4 Å². The second kappa shape index (κ2) is 11.2. The number of aryl methyl sites for hydroxylation is 1. The van der Waals surface area contributed by atoms with Crippen LogP contribution in [0, 0.1) is 12.8 Å². The number of aromatic nitrogens is 2. The molecule has 3 aromatic carbocycles. The molecule has 0 spiro atoms. The normalized spacial score (nSPS) is 16.4. The molecule has 0 radical (unpaired) electrons. The monoisotopic (exact) mass is 546 g/mol. The van der Waals surface area contributed by atoms with Gasteiger partial charge >= 0.3 is 0 Å². The average Bonchev–Trinajstić information content (AvgIpc) is 2.92. The summed E-state index contributed by atoms with van der Waals surface area (Å²) < 4.78 is 27.6. The van der Waals surface area contributed by atoms with Crippen molar-refractivity contribution in [1.82, 2.24) is 14.3 Å². The van der Waals surface area contributed by atoms with Gasteiger partial charge in [0.15, 0.2) is 5.82 Å². The number of carbonyl (C=O) groups is 1. The number of piperidine rings is 1. The number of amides is 1. The Morgan fingerprint density at radius 3 is 2.55 bits per heavy atom. The van der Waals surface area contributed by atoms with Crippen LogP contribution < -0.4 is 5.32 Å². The Labute approximate surface area is 227 Å². The number of rotatable bonds is 7. The third-order valence-electron chi connectivity index (χ3n) is 6.58. The number of carbonyl (C=O) groups excluding carboxylic acids is 1. The van der Waals surface area contributed by atoms with Gasteiger partial charge in [0.1, 0.15) is 5.03 Å². The standard InChI is InChI=1S/C29H30N4O3S2/c1-20-10-15-26-25(17-20)29(32-28(31-26)22-8-4-3-5-9-22)37-19-27(34)30-23-11-13-24(14-12-23)38(35,36)33-16-6-7-21(2)18-33/h3-5,8-15,17,21H,6-7,16,18-19H2,1-2H3,(H,30,34)/t21-/m0/s1. The van der Waals surface area contributed by atoms with Crippen LogP contribution >= 0.6 is 11.8 Å². The highest BCUT2D eigenvalue weighted by Crippen LogP contribution is 2.30. The molecule has 0 bridgehead atoms. The molecule has 1 saturated heterocycles. The number of hydrogen-bond donors (Lipinski definition) is 1. The first-order chi connectivity index (χ1) is 18.3. The molecule has 1 N–H and O–H groups in total. The smallest absolute Gasteiger partial charge is 0.243 e. The maximum absolute atomic E-state index is 13.0. The second-order valence-corrected chi connectivity index (χ2v) is 12.6.